The number of nitrogens with zero attached hydrogens (tertiary/aromatic N) is 2. The lowest BCUT2D eigenvalue weighted by Gasteiger charge is -2.34. The van der Waals surface area contributed by atoms with Crippen molar-refractivity contribution >= 4 is 34.4 Å². The number of aromatic nitrogens is 1. The predicted molar refractivity (Wildman–Crippen MR) is 143 cm³/mol. The summed E-state index contributed by atoms with van der Waals surface area (Å²) in [5.74, 6) is -1.92. The highest BCUT2D eigenvalue weighted by molar-refractivity contribution is 6.11. The molecule has 0 saturated heterocycles. The number of carbonyl (C=O) groups excluding carboxylic acids is 2. The van der Waals surface area contributed by atoms with Crippen LogP contribution in [0.4, 0.5) is 5.69 Å². The van der Waals surface area contributed by atoms with E-state index in [-0.39, 0.29) is 5.91 Å². The van der Waals surface area contributed by atoms with E-state index in [1.54, 1.807) is 6.07 Å². The first-order valence-electron chi connectivity index (χ1n) is 12.3. The third-order valence-corrected chi connectivity index (χ3v) is 6.54. The molecule has 9 heteroatoms. The Morgan fingerprint density at radius 2 is 1.70 bits per heavy atom. The van der Waals surface area contributed by atoms with Crippen LogP contribution in [0.3, 0.4) is 0 Å². The van der Waals surface area contributed by atoms with Gasteiger partial charge in [-0.05, 0) is 57.4 Å². The maximum absolute atomic E-state index is 13.1. The summed E-state index contributed by atoms with van der Waals surface area (Å²) >= 11 is 0. The van der Waals surface area contributed by atoms with Crippen molar-refractivity contribution in [2.45, 2.75) is 59.8 Å². The first-order chi connectivity index (χ1) is 17.3. The van der Waals surface area contributed by atoms with Crippen LogP contribution in [0, 0.1) is 13.8 Å². The summed E-state index contributed by atoms with van der Waals surface area (Å²) < 4.78 is 8.09. The Bertz CT molecular complexity index is 1400. The maximum atomic E-state index is 13.1. The molecular formula is C28H34N4O5. The van der Waals surface area contributed by atoms with Crippen molar-refractivity contribution in [3.63, 3.8) is 0 Å². The number of aryl methyl sites for hydroxylation is 1. The molecule has 0 spiro atoms. The zero-order valence-electron chi connectivity index (χ0n) is 22.4. The van der Waals surface area contributed by atoms with Gasteiger partial charge in [0.25, 0.3) is 5.91 Å². The lowest BCUT2D eigenvalue weighted by atomic mass is 9.87. The number of carboxylic acids is 1. The normalized spacial score (nSPS) is 14.0. The van der Waals surface area contributed by atoms with Gasteiger partial charge in [-0.3, -0.25) is 20.4 Å². The molecule has 1 aliphatic heterocycles. The number of anilines is 1. The molecule has 2 heterocycles. The smallest absolute Gasteiger partial charge is 0.337 e. The molecule has 37 heavy (non-hydrogen) atoms. The van der Waals surface area contributed by atoms with E-state index >= 15 is 0 Å². The average molecular weight is 507 g/mol. The van der Waals surface area contributed by atoms with E-state index in [1.165, 1.54) is 6.92 Å². The number of aliphatic carboxylic acids is 1. The Labute approximate surface area is 216 Å². The Morgan fingerprint density at radius 3 is 2.27 bits per heavy atom. The van der Waals surface area contributed by atoms with Crippen LogP contribution < -0.4 is 15.8 Å². The zero-order chi connectivity index (χ0) is 27.2. The van der Waals surface area contributed by atoms with Crippen LogP contribution in [0.25, 0.3) is 22.0 Å². The van der Waals surface area contributed by atoms with Crippen LogP contribution in [-0.2, 0) is 20.9 Å². The molecular weight excluding hydrogens is 472 g/mol. The van der Waals surface area contributed by atoms with Crippen molar-refractivity contribution in [2.75, 3.05) is 18.5 Å². The van der Waals surface area contributed by atoms with Gasteiger partial charge in [-0.1, -0.05) is 29.8 Å². The lowest BCUT2D eigenvalue weighted by Crippen LogP contribution is -2.41. The Hall–Kier alpha value is -3.85. The summed E-state index contributed by atoms with van der Waals surface area (Å²) in [6.45, 7) is 11.9. The summed E-state index contributed by atoms with van der Waals surface area (Å²) in [7, 11) is 1.96. The number of benzene rings is 2. The zero-order valence-corrected chi connectivity index (χ0v) is 22.4. The molecule has 1 aliphatic rings. The highest BCUT2D eigenvalue weighted by Gasteiger charge is 2.36. The van der Waals surface area contributed by atoms with Gasteiger partial charge in [0.15, 0.2) is 6.10 Å². The van der Waals surface area contributed by atoms with Gasteiger partial charge >= 0.3 is 5.97 Å². The van der Waals surface area contributed by atoms with Gasteiger partial charge in [-0.2, -0.15) is 0 Å². The average Bonchev–Trinajstić information content (AvgIpc) is 3.18. The minimum Gasteiger partial charge on any atom is -0.479 e. The van der Waals surface area contributed by atoms with Crippen LogP contribution in [0.2, 0.25) is 0 Å². The van der Waals surface area contributed by atoms with Crippen molar-refractivity contribution in [3.8, 4) is 11.1 Å². The fourth-order valence-electron chi connectivity index (χ4n) is 5.04. The van der Waals surface area contributed by atoms with Crippen LogP contribution in [0.15, 0.2) is 30.3 Å². The van der Waals surface area contributed by atoms with E-state index in [4.69, 9.17) is 4.74 Å². The molecule has 0 unspecified atom stereocenters. The van der Waals surface area contributed by atoms with E-state index in [1.807, 2.05) is 70.5 Å². The molecule has 4 rings (SSSR count). The SMILES string of the molecule is CC(=O)NNC(=O)c1cc2c(-c3ccc(C)cc3)c([C@H](OC(C)(C)C)C(=O)O)c(C)c3c2n1CCN3C. The molecule has 1 aromatic heterocycles. The predicted octanol–water partition coefficient (Wildman–Crippen LogP) is 4.10. The van der Waals surface area contributed by atoms with Crippen LogP contribution in [0.1, 0.15) is 61.0 Å². The summed E-state index contributed by atoms with van der Waals surface area (Å²) in [5.41, 5.74) is 10.2. The number of hydrogen-bond donors (Lipinski definition) is 3. The molecule has 0 aliphatic carbocycles. The van der Waals surface area contributed by atoms with E-state index in [9.17, 15) is 19.5 Å². The van der Waals surface area contributed by atoms with Gasteiger partial charge in [-0.25, -0.2) is 4.79 Å². The van der Waals surface area contributed by atoms with Gasteiger partial charge in [0.05, 0.1) is 16.8 Å². The first-order valence-corrected chi connectivity index (χ1v) is 12.3. The van der Waals surface area contributed by atoms with Gasteiger partial charge in [0, 0.05) is 38.0 Å². The fourth-order valence-corrected chi connectivity index (χ4v) is 5.04. The molecule has 3 N–H and O–H groups in total. The monoisotopic (exact) mass is 506 g/mol. The second kappa shape index (κ2) is 9.55. The highest BCUT2D eigenvalue weighted by Crippen LogP contribution is 2.47. The number of amides is 2. The van der Waals surface area contributed by atoms with Crippen molar-refractivity contribution in [3.05, 3.63) is 52.7 Å². The topological polar surface area (TPSA) is 113 Å². The number of hydrazine groups is 1. The number of carboxylic acid groups (broad SMARTS) is 1. The molecule has 0 radical (unpaired) electrons. The van der Waals surface area contributed by atoms with E-state index < -0.39 is 23.6 Å². The van der Waals surface area contributed by atoms with Crippen molar-refractivity contribution in [1.82, 2.24) is 15.4 Å². The quantitative estimate of drug-likeness (QED) is 0.449. The summed E-state index contributed by atoms with van der Waals surface area (Å²) in [6, 6.07) is 9.67. The number of carbonyl (C=O) groups is 3. The number of ether oxygens (including phenoxy) is 1. The van der Waals surface area contributed by atoms with Crippen LogP contribution in [0.5, 0.6) is 0 Å². The van der Waals surface area contributed by atoms with Crippen LogP contribution >= 0.6 is 0 Å². The van der Waals surface area contributed by atoms with Gasteiger partial charge in [0.1, 0.15) is 5.69 Å². The van der Waals surface area contributed by atoms with E-state index in [2.05, 4.69) is 15.8 Å². The van der Waals surface area contributed by atoms with E-state index in [0.29, 0.717) is 24.3 Å². The minimum atomic E-state index is -1.23. The van der Waals surface area contributed by atoms with Crippen molar-refractivity contribution in [1.29, 1.82) is 0 Å². The van der Waals surface area contributed by atoms with Gasteiger partial charge < -0.3 is 19.3 Å². The largest absolute Gasteiger partial charge is 0.479 e. The fraction of sp³-hybridized carbons (Fsp3) is 0.393. The molecule has 2 amide bonds. The summed E-state index contributed by atoms with van der Waals surface area (Å²) in [6.07, 6.45) is -1.23. The molecule has 196 valence electrons. The molecule has 3 aromatic rings. The second-order valence-electron chi connectivity index (χ2n) is 10.6. The standard InChI is InChI=1S/C28H34N4O5/c1-15-8-10-18(11-9-15)22-19-14-20(26(34)30-29-17(3)33)32-13-12-31(7)23(24(19)32)16(2)21(22)25(27(35)36)37-28(4,5)6/h8-11,14,25H,12-13H2,1-7H3,(H,29,33)(H,30,34)(H,35,36)/t25-/m0/s1. The Balaban J connectivity index is 2.12. The number of likely N-dealkylation sites (N-methyl/N-ethyl adjacent to an activating group) is 1. The molecule has 0 fully saturated rings. The highest BCUT2D eigenvalue weighted by atomic mass is 16.5. The van der Waals surface area contributed by atoms with E-state index in [0.717, 1.165) is 38.8 Å². The Kier molecular flexibility index (Phi) is 6.77. The number of nitrogens with one attached hydrogen (secondary N) is 2. The minimum absolute atomic E-state index is 0.381. The number of hydrogen-bond acceptors (Lipinski definition) is 5. The van der Waals surface area contributed by atoms with Gasteiger partial charge in [0.2, 0.25) is 5.91 Å². The Morgan fingerprint density at radius 1 is 1.05 bits per heavy atom. The van der Waals surface area contributed by atoms with Gasteiger partial charge in [-0.15, -0.1) is 0 Å². The molecule has 0 saturated carbocycles. The summed E-state index contributed by atoms with van der Waals surface area (Å²) in [4.78, 5) is 39.3. The molecule has 1 atom stereocenters. The summed E-state index contributed by atoms with van der Waals surface area (Å²) in [5, 5.41) is 11.1. The maximum Gasteiger partial charge on any atom is 0.337 e. The second-order valence-corrected chi connectivity index (χ2v) is 10.6. The lowest BCUT2D eigenvalue weighted by molar-refractivity contribution is -0.160. The molecule has 9 nitrogen and oxygen atoms in total. The third-order valence-electron chi connectivity index (χ3n) is 6.54. The molecule has 2 aromatic carbocycles. The molecule has 0 bridgehead atoms. The number of rotatable bonds is 5. The third kappa shape index (κ3) is 4.91. The van der Waals surface area contributed by atoms with Crippen LogP contribution in [-0.4, -0.2) is 46.7 Å². The van der Waals surface area contributed by atoms with Crippen molar-refractivity contribution in [2.24, 2.45) is 0 Å². The first kappa shape index (κ1) is 26.2. The van der Waals surface area contributed by atoms with Crippen molar-refractivity contribution < 1.29 is 24.2 Å².